The van der Waals surface area contributed by atoms with E-state index in [1.54, 1.807) is 0 Å². The van der Waals surface area contributed by atoms with E-state index in [2.05, 4.69) is 6.92 Å². The molecule has 3 fully saturated rings. The number of fused-ring (bicyclic) bond motifs is 3. The molecule has 3 aliphatic rings. The molecule has 1 heteroatoms. The Morgan fingerprint density at radius 3 is 2.38 bits per heavy atom. The summed E-state index contributed by atoms with van der Waals surface area (Å²) in [6.07, 6.45) is 6.93. The maximum Gasteiger partial charge on any atom is 0.0619 e. The summed E-state index contributed by atoms with van der Waals surface area (Å²) in [5.41, 5.74) is -0.448. The summed E-state index contributed by atoms with van der Waals surface area (Å²) in [7, 11) is 0. The van der Waals surface area contributed by atoms with Gasteiger partial charge in [-0.15, -0.1) is 0 Å². The molecule has 0 aliphatic heterocycles. The lowest BCUT2D eigenvalue weighted by molar-refractivity contribution is -0.0303. The van der Waals surface area contributed by atoms with Crippen LogP contribution in [-0.4, -0.2) is 10.7 Å². The van der Waals surface area contributed by atoms with Crippen LogP contribution in [0.15, 0.2) is 0 Å². The topological polar surface area (TPSA) is 20.2 Å². The summed E-state index contributed by atoms with van der Waals surface area (Å²) < 4.78 is 0. The fourth-order valence-electron chi connectivity index (χ4n) is 4.89. The van der Waals surface area contributed by atoms with Crippen LogP contribution in [0, 0.1) is 35.5 Å². The molecule has 16 heavy (non-hydrogen) atoms. The van der Waals surface area contributed by atoms with Gasteiger partial charge in [0.1, 0.15) is 0 Å². The summed E-state index contributed by atoms with van der Waals surface area (Å²) >= 11 is 0. The summed E-state index contributed by atoms with van der Waals surface area (Å²) in [4.78, 5) is 0. The van der Waals surface area contributed by atoms with Gasteiger partial charge in [0.05, 0.1) is 5.60 Å². The van der Waals surface area contributed by atoms with Crippen molar-refractivity contribution in [3.63, 3.8) is 0 Å². The Morgan fingerprint density at radius 1 is 1.00 bits per heavy atom. The zero-order valence-corrected chi connectivity index (χ0v) is 10.9. The smallest absolute Gasteiger partial charge is 0.0619 e. The van der Waals surface area contributed by atoms with Gasteiger partial charge < -0.3 is 5.11 Å². The van der Waals surface area contributed by atoms with Crippen molar-refractivity contribution in [1.29, 1.82) is 0 Å². The fraction of sp³-hybridized carbons (Fsp3) is 1.00. The van der Waals surface area contributed by atoms with Gasteiger partial charge in [0.2, 0.25) is 0 Å². The van der Waals surface area contributed by atoms with Crippen molar-refractivity contribution in [3.8, 4) is 0 Å². The second-order valence-corrected chi connectivity index (χ2v) is 7.27. The first kappa shape index (κ1) is 11.1. The van der Waals surface area contributed by atoms with E-state index in [-0.39, 0.29) is 0 Å². The zero-order valence-electron chi connectivity index (χ0n) is 10.9. The van der Waals surface area contributed by atoms with E-state index in [1.165, 1.54) is 32.1 Å². The van der Waals surface area contributed by atoms with Gasteiger partial charge in [-0.25, -0.2) is 0 Å². The zero-order chi connectivity index (χ0) is 11.5. The Labute approximate surface area is 99.6 Å². The minimum Gasteiger partial charge on any atom is -0.390 e. The van der Waals surface area contributed by atoms with Gasteiger partial charge in [0, 0.05) is 0 Å². The summed E-state index contributed by atoms with van der Waals surface area (Å²) in [6.45, 7) is 6.47. The molecule has 0 heterocycles. The molecule has 0 aromatic heterocycles. The first-order valence-corrected chi connectivity index (χ1v) is 7.21. The Bertz CT molecular complexity index is 276. The molecule has 3 aliphatic carbocycles. The van der Waals surface area contributed by atoms with Crippen LogP contribution < -0.4 is 0 Å². The molecule has 4 unspecified atom stereocenters. The lowest BCUT2D eigenvalue weighted by Crippen LogP contribution is -2.39. The maximum atomic E-state index is 10.2. The van der Waals surface area contributed by atoms with E-state index in [0.29, 0.717) is 5.92 Å². The quantitative estimate of drug-likeness (QED) is 0.720. The lowest BCUT2D eigenvalue weighted by atomic mass is 9.64. The molecule has 3 rings (SSSR count). The van der Waals surface area contributed by atoms with Gasteiger partial charge in [0.15, 0.2) is 0 Å². The van der Waals surface area contributed by atoms with E-state index < -0.39 is 5.60 Å². The van der Waals surface area contributed by atoms with Gasteiger partial charge in [-0.05, 0) is 81.5 Å². The molecule has 92 valence electrons. The van der Waals surface area contributed by atoms with E-state index in [1.807, 2.05) is 13.8 Å². The SMILES string of the molecule is CC1C2CCC3CC[C@@H](C(C)(C)O)CC3[C@@H]12. The first-order chi connectivity index (χ1) is 7.48. The standard InChI is InChI=1S/C15H26O/c1-9-12-7-5-10-4-6-11(15(2,3)16)8-13(10)14(9)12/h9-14,16H,4-8H2,1-3H3/t9?,10?,11-,12?,13?,14+/m1/s1. The Morgan fingerprint density at radius 2 is 1.69 bits per heavy atom. The van der Waals surface area contributed by atoms with Crippen LogP contribution in [0.5, 0.6) is 0 Å². The molecule has 0 spiro atoms. The molecule has 6 atom stereocenters. The summed E-state index contributed by atoms with van der Waals surface area (Å²) in [5.74, 6) is 5.60. The monoisotopic (exact) mass is 222 g/mol. The highest BCUT2D eigenvalue weighted by atomic mass is 16.3. The molecule has 1 N–H and O–H groups in total. The minimum atomic E-state index is -0.448. The average molecular weight is 222 g/mol. The molecule has 0 aromatic carbocycles. The van der Waals surface area contributed by atoms with Gasteiger partial charge >= 0.3 is 0 Å². The van der Waals surface area contributed by atoms with Crippen LogP contribution in [0.3, 0.4) is 0 Å². The first-order valence-electron chi connectivity index (χ1n) is 7.21. The van der Waals surface area contributed by atoms with E-state index >= 15 is 0 Å². The Kier molecular flexibility index (Phi) is 2.41. The van der Waals surface area contributed by atoms with Crippen LogP contribution in [0.1, 0.15) is 52.9 Å². The van der Waals surface area contributed by atoms with Crippen molar-refractivity contribution in [2.24, 2.45) is 35.5 Å². The second-order valence-electron chi connectivity index (χ2n) is 7.27. The Balaban J connectivity index is 1.72. The van der Waals surface area contributed by atoms with E-state index in [0.717, 1.165) is 29.6 Å². The number of aliphatic hydroxyl groups is 1. The van der Waals surface area contributed by atoms with Gasteiger partial charge in [-0.3, -0.25) is 0 Å². The number of hydrogen-bond donors (Lipinski definition) is 1. The second kappa shape index (κ2) is 3.48. The van der Waals surface area contributed by atoms with Crippen molar-refractivity contribution in [2.45, 2.75) is 58.5 Å². The molecule has 0 radical (unpaired) electrons. The van der Waals surface area contributed by atoms with Crippen molar-refractivity contribution >= 4 is 0 Å². The predicted molar refractivity (Wildman–Crippen MR) is 66.0 cm³/mol. The van der Waals surface area contributed by atoms with Gasteiger partial charge in [-0.2, -0.15) is 0 Å². The van der Waals surface area contributed by atoms with Crippen LogP contribution in [0.25, 0.3) is 0 Å². The molecule has 3 saturated carbocycles. The lowest BCUT2D eigenvalue weighted by Gasteiger charge is -2.43. The molecule has 0 saturated heterocycles. The number of hydrogen-bond acceptors (Lipinski definition) is 1. The highest BCUT2D eigenvalue weighted by molar-refractivity contribution is 5.05. The van der Waals surface area contributed by atoms with Gasteiger partial charge in [0.25, 0.3) is 0 Å². The van der Waals surface area contributed by atoms with Crippen LogP contribution in [-0.2, 0) is 0 Å². The van der Waals surface area contributed by atoms with Crippen LogP contribution in [0.4, 0.5) is 0 Å². The third kappa shape index (κ3) is 1.63. The fourth-order valence-corrected chi connectivity index (χ4v) is 4.89. The highest BCUT2D eigenvalue weighted by Crippen LogP contribution is 2.63. The summed E-state index contributed by atoms with van der Waals surface area (Å²) in [5, 5.41) is 10.2. The molecular weight excluding hydrogens is 196 g/mol. The molecule has 0 amide bonds. The number of rotatable bonds is 1. The molecular formula is C15H26O. The molecule has 0 bridgehead atoms. The molecule has 0 aromatic rings. The predicted octanol–water partition coefficient (Wildman–Crippen LogP) is 3.47. The maximum absolute atomic E-state index is 10.2. The summed E-state index contributed by atoms with van der Waals surface area (Å²) in [6, 6.07) is 0. The van der Waals surface area contributed by atoms with Crippen molar-refractivity contribution in [1.82, 2.24) is 0 Å². The normalized spacial score (nSPS) is 51.8. The third-order valence-corrected chi connectivity index (χ3v) is 6.05. The van der Waals surface area contributed by atoms with Gasteiger partial charge in [-0.1, -0.05) is 6.92 Å². The largest absolute Gasteiger partial charge is 0.390 e. The highest BCUT2D eigenvalue weighted by Gasteiger charge is 2.56. The van der Waals surface area contributed by atoms with Crippen LogP contribution in [0.2, 0.25) is 0 Å². The average Bonchev–Trinajstić information content (AvgIpc) is 2.88. The van der Waals surface area contributed by atoms with E-state index in [9.17, 15) is 5.11 Å². The van der Waals surface area contributed by atoms with Crippen molar-refractivity contribution < 1.29 is 5.11 Å². The van der Waals surface area contributed by atoms with Crippen molar-refractivity contribution in [3.05, 3.63) is 0 Å². The van der Waals surface area contributed by atoms with Crippen LogP contribution >= 0.6 is 0 Å². The third-order valence-electron chi connectivity index (χ3n) is 6.05. The van der Waals surface area contributed by atoms with Crippen molar-refractivity contribution in [2.75, 3.05) is 0 Å². The minimum absolute atomic E-state index is 0.448. The van der Waals surface area contributed by atoms with E-state index in [4.69, 9.17) is 0 Å². The Hall–Kier alpha value is -0.0400. The molecule has 1 nitrogen and oxygen atoms in total.